The molecule has 0 aliphatic carbocycles. The number of sulfonamides is 1. The molecular formula is C10H7BrClFN4O2S. The second-order valence-corrected chi connectivity index (χ2v) is 6.43. The molecular weight excluding hydrogens is 375 g/mol. The Balaban J connectivity index is 2.51. The standard InChI is InChI=1S/C10H7BrClFN4O2S/c11-7-5(12)4-6(8(13)9(7)14)20(18,19)17-10-15-2-1-3-16-10/h1-4H,14H2,(H,15,16,17). The Kier molecular flexibility index (Phi) is 4.11. The molecule has 0 saturated carbocycles. The molecule has 0 radical (unpaired) electrons. The Hall–Kier alpha value is -1.45. The molecule has 0 spiro atoms. The molecule has 1 aromatic carbocycles. The predicted octanol–water partition coefficient (Wildman–Crippen LogP) is 2.41. The van der Waals surface area contributed by atoms with Gasteiger partial charge < -0.3 is 5.73 Å². The summed E-state index contributed by atoms with van der Waals surface area (Å²) >= 11 is 8.74. The van der Waals surface area contributed by atoms with Crippen LogP contribution in [0.3, 0.4) is 0 Å². The Labute approximate surface area is 127 Å². The monoisotopic (exact) mass is 380 g/mol. The molecule has 0 aliphatic heterocycles. The molecule has 0 fully saturated rings. The Morgan fingerprint density at radius 3 is 2.55 bits per heavy atom. The summed E-state index contributed by atoms with van der Waals surface area (Å²) in [6.07, 6.45) is 2.67. The van der Waals surface area contributed by atoms with Gasteiger partial charge in [0.1, 0.15) is 4.90 Å². The van der Waals surface area contributed by atoms with Gasteiger partial charge in [0.25, 0.3) is 10.0 Å². The smallest absolute Gasteiger partial charge is 0.267 e. The minimum absolute atomic E-state index is 0.0294. The van der Waals surface area contributed by atoms with Crippen molar-refractivity contribution < 1.29 is 12.8 Å². The maximum Gasteiger partial charge on any atom is 0.267 e. The van der Waals surface area contributed by atoms with E-state index in [1.54, 1.807) is 0 Å². The maximum atomic E-state index is 14.0. The van der Waals surface area contributed by atoms with Crippen LogP contribution in [-0.2, 0) is 10.0 Å². The minimum atomic E-state index is -4.24. The topological polar surface area (TPSA) is 98.0 Å². The fraction of sp³-hybridized carbons (Fsp3) is 0. The van der Waals surface area contributed by atoms with E-state index in [0.29, 0.717) is 0 Å². The first-order chi connectivity index (χ1) is 9.33. The molecule has 6 nitrogen and oxygen atoms in total. The third kappa shape index (κ3) is 2.84. The van der Waals surface area contributed by atoms with Gasteiger partial charge in [-0.1, -0.05) is 11.6 Å². The number of benzene rings is 1. The molecule has 20 heavy (non-hydrogen) atoms. The number of nitrogen functional groups attached to an aromatic ring is 1. The van der Waals surface area contributed by atoms with Gasteiger partial charge in [0, 0.05) is 12.4 Å². The zero-order valence-electron chi connectivity index (χ0n) is 9.64. The number of nitrogens with one attached hydrogen (secondary N) is 1. The van der Waals surface area contributed by atoms with Gasteiger partial charge in [-0.05, 0) is 28.1 Å². The molecule has 0 saturated heterocycles. The second kappa shape index (κ2) is 5.51. The van der Waals surface area contributed by atoms with Crippen molar-refractivity contribution >= 4 is 49.2 Å². The summed E-state index contributed by atoms with van der Waals surface area (Å²) in [5.74, 6) is -1.30. The van der Waals surface area contributed by atoms with Crippen molar-refractivity contribution in [2.24, 2.45) is 0 Å². The highest BCUT2D eigenvalue weighted by molar-refractivity contribution is 9.10. The van der Waals surface area contributed by atoms with Crippen molar-refractivity contribution in [3.8, 4) is 0 Å². The number of hydrogen-bond acceptors (Lipinski definition) is 5. The maximum absolute atomic E-state index is 14.0. The molecule has 2 rings (SSSR count). The highest BCUT2D eigenvalue weighted by Crippen LogP contribution is 2.35. The summed E-state index contributed by atoms with van der Waals surface area (Å²) in [6.45, 7) is 0. The molecule has 1 aromatic heterocycles. The summed E-state index contributed by atoms with van der Waals surface area (Å²) < 4.78 is 40.2. The second-order valence-electron chi connectivity index (χ2n) is 3.58. The number of nitrogens with zero attached hydrogens (tertiary/aromatic N) is 2. The van der Waals surface area contributed by atoms with Crippen LogP contribution in [0, 0.1) is 5.82 Å². The highest BCUT2D eigenvalue weighted by atomic mass is 79.9. The Bertz CT molecular complexity index is 758. The van der Waals surface area contributed by atoms with Gasteiger partial charge in [-0.3, -0.25) is 0 Å². The molecule has 1 heterocycles. The normalized spacial score (nSPS) is 11.3. The molecule has 0 aliphatic rings. The van der Waals surface area contributed by atoms with Gasteiger partial charge in [0.15, 0.2) is 5.82 Å². The van der Waals surface area contributed by atoms with Gasteiger partial charge in [-0.25, -0.2) is 27.5 Å². The first-order valence-electron chi connectivity index (χ1n) is 5.05. The number of anilines is 2. The van der Waals surface area contributed by atoms with Crippen molar-refractivity contribution in [3.05, 3.63) is 39.8 Å². The van der Waals surface area contributed by atoms with Crippen molar-refractivity contribution in [3.63, 3.8) is 0 Å². The van der Waals surface area contributed by atoms with Crippen molar-refractivity contribution in [1.82, 2.24) is 9.97 Å². The van der Waals surface area contributed by atoms with Crippen molar-refractivity contribution in [2.45, 2.75) is 4.90 Å². The number of halogens is 3. The van der Waals surface area contributed by atoms with Crippen LogP contribution in [0.5, 0.6) is 0 Å². The van der Waals surface area contributed by atoms with Gasteiger partial charge in [-0.15, -0.1) is 0 Å². The van der Waals surface area contributed by atoms with Gasteiger partial charge >= 0.3 is 0 Å². The first kappa shape index (κ1) is 14.9. The zero-order chi connectivity index (χ0) is 14.9. The lowest BCUT2D eigenvalue weighted by Crippen LogP contribution is -2.17. The molecule has 0 amide bonds. The van der Waals surface area contributed by atoms with E-state index >= 15 is 0 Å². The lowest BCUT2D eigenvalue weighted by Gasteiger charge is -2.10. The van der Waals surface area contributed by atoms with Crippen LogP contribution in [0.15, 0.2) is 33.9 Å². The molecule has 0 unspecified atom stereocenters. The van der Waals surface area contributed by atoms with E-state index in [1.165, 1.54) is 18.5 Å². The molecule has 10 heteroatoms. The van der Waals surface area contributed by atoms with E-state index < -0.39 is 26.4 Å². The van der Waals surface area contributed by atoms with E-state index in [-0.39, 0.29) is 15.4 Å². The van der Waals surface area contributed by atoms with Crippen LogP contribution in [0.4, 0.5) is 16.0 Å². The number of hydrogen-bond donors (Lipinski definition) is 2. The van der Waals surface area contributed by atoms with Crippen molar-refractivity contribution in [1.29, 1.82) is 0 Å². The Morgan fingerprint density at radius 1 is 1.35 bits per heavy atom. The predicted molar refractivity (Wildman–Crippen MR) is 76.4 cm³/mol. The summed E-state index contributed by atoms with van der Waals surface area (Å²) in [5.41, 5.74) is 5.05. The lowest BCUT2D eigenvalue weighted by atomic mass is 10.3. The quantitative estimate of drug-likeness (QED) is 0.628. The Morgan fingerprint density at radius 2 is 1.95 bits per heavy atom. The lowest BCUT2D eigenvalue weighted by molar-refractivity contribution is 0.572. The van der Waals surface area contributed by atoms with Crippen LogP contribution in [0.25, 0.3) is 0 Å². The summed E-state index contributed by atoms with van der Waals surface area (Å²) in [7, 11) is -4.24. The van der Waals surface area contributed by atoms with E-state index in [0.717, 1.165) is 6.07 Å². The molecule has 3 N–H and O–H groups in total. The average molecular weight is 382 g/mol. The largest absolute Gasteiger partial charge is 0.395 e. The molecule has 0 bridgehead atoms. The summed E-state index contributed by atoms with van der Waals surface area (Å²) in [5, 5.41) is -0.0294. The number of nitrogens with two attached hydrogens (primary N) is 1. The van der Waals surface area contributed by atoms with Crippen LogP contribution in [0.1, 0.15) is 0 Å². The molecule has 0 atom stereocenters. The number of rotatable bonds is 3. The van der Waals surface area contributed by atoms with E-state index in [2.05, 4.69) is 25.9 Å². The van der Waals surface area contributed by atoms with Crippen LogP contribution in [-0.4, -0.2) is 18.4 Å². The summed E-state index contributed by atoms with van der Waals surface area (Å²) in [6, 6.07) is 2.45. The van der Waals surface area contributed by atoms with Crippen LogP contribution >= 0.6 is 27.5 Å². The fourth-order valence-electron chi connectivity index (χ4n) is 1.32. The summed E-state index contributed by atoms with van der Waals surface area (Å²) in [4.78, 5) is 6.68. The first-order valence-corrected chi connectivity index (χ1v) is 7.71. The minimum Gasteiger partial charge on any atom is -0.395 e. The van der Waals surface area contributed by atoms with Gasteiger partial charge in [-0.2, -0.15) is 0 Å². The van der Waals surface area contributed by atoms with Crippen LogP contribution < -0.4 is 10.5 Å². The highest BCUT2D eigenvalue weighted by Gasteiger charge is 2.24. The fourth-order valence-corrected chi connectivity index (χ4v) is 2.96. The van der Waals surface area contributed by atoms with E-state index in [1.807, 2.05) is 4.72 Å². The molecule has 2 aromatic rings. The van der Waals surface area contributed by atoms with E-state index in [4.69, 9.17) is 17.3 Å². The zero-order valence-corrected chi connectivity index (χ0v) is 12.8. The third-order valence-corrected chi connectivity index (χ3v) is 4.95. The average Bonchev–Trinajstić information content (AvgIpc) is 2.41. The van der Waals surface area contributed by atoms with Gasteiger partial charge in [0.05, 0.1) is 15.2 Å². The van der Waals surface area contributed by atoms with Crippen molar-refractivity contribution in [2.75, 3.05) is 10.5 Å². The molecule has 106 valence electrons. The van der Waals surface area contributed by atoms with E-state index in [9.17, 15) is 12.8 Å². The van der Waals surface area contributed by atoms with Gasteiger partial charge in [0.2, 0.25) is 5.95 Å². The van der Waals surface area contributed by atoms with Crippen LogP contribution in [0.2, 0.25) is 5.02 Å². The SMILES string of the molecule is Nc1c(F)c(S(=O)(=O)Nc2ncccn2)cc(Cl)c1Br. The number of aromatic nitrogens is 2. The third-order valence-electron chi connectivity index (χ3n) is 2.24.